The van der Waals surface area contributed by atoms with E-state index >= 15 is 0 Å². The van der Waals surface area contributed by atoms with Crippen molar-refractivity contribution >= 4 is 12.4 Å². The van der Waals surface area contributed by atoms with Crippen molar-refractivity contribution in [3.63, 3.8) is 0 Å². The molecule has 0 aliphatic heterocycles. The van der Waals surface area contributed by atoms with Gasteiger partial charge in [0.2, 0.25) is 0 Å². The van der Waals surface area contributed by atoms with Gasteiger partial charge in [0.05, 0.1) is 33.1 Å². The summed E-state index contributed by atoms with van der Waals surface area (Å²) in [4.78, 5) is 23.9. The number of allylic oxidation sites excluding steroid dienone is 8. The van der Waals surface area contributed by atoms with Gasteiger partial charge in [0.15, 0.2) is 0 Å². The summed E-state index contributed by atoms with van der Waals surface area (Å²) in [5, 5.41) is 0. The zero-order valence-electron chi connectivity index (χ0n) is 33.1. The molecule has 0 amide bonds. The van der Waals surface area contributed by atoms with E-state index in [1.165, 1.54) is 96.3 Å². The Kier molecular flexibility index (Phi) is 32.8. The molecule has 0 aromatic heterocycles. The van der Waals surface area contributed by atoms with Crippen LogP contribution in [0.3, 0.4) is 0 Å². The van der Waals surface area contributed by atoms with E-state index in [4.69, 9.17) is 9.47 Å². The standard InChI is InChI=1S/C44H80NO4/c1-6-8-10-12-14-16-18-20-22-24-26-28-30-32-34-36-38-44(40-48-42-46,39-45(3,4)5)41-49-43(47)37-35-33-31-29-27-25-23-21-19-17-15-13-11-9-7-2/h14-17,20-23,42H,6-13,18-19,24-41H2,1-5H3/q+1/b16-14-,17-15-,22-20-,23-21-. The van der Waals surface area contributed by atoms with Gasteiger partial charge in [-0.25, -0.2) is 0 Å². The van der Waals surface area contributed by atoms with Gasteiger partial charge in [0.1, 0.15) is 13.2 Å². The molecule has 0 aliphatic carbocycles. The van der Waals surface area contributed by atoms with Crippen molar-refractivity contribution in [1.82, 2.24) is 0 Å². The van der Waals surface area contributed by atoms with Crippen molar-refractivity contribution in [3.05, 3.63) is 48.6 Å². The Morgan fingerprint density at radius 1 is 0.551 bits per heavy atom. The van der Waals surface area contributed by atoms with Crippen LogP contribution >= 0.6 is 0 Å². The maximum absolute atomic E-state index is 12.7. The van der Waals surface area contributed by atoms with Crippen LogP contribution in [0.1, 0.15) is 174 Å². The summed E-state index contributed by atoms with van der Waals surface area (Å²) in [7, 11) is 6.45. The van der Waals surface area contributed by atoms with Gasteiger partial charge in [-0.1, -0.05) is 140 Å². The fraction of sp³-hybridized carbons (Fsp3) is 0.773. The van der Waals surface area contributed by atoms with E-state index in [0.717, 1.165) is 68.8 Å². The van der Waals surface area contributed by atoms with Gasteiger partial charge < -0.3 is 14.0 Å². The molecule has 5 nitrogen and oxygen atoms in total. The van der Waals surface area contributed by atoms with Gasteiger partial charge in [-0.05, 0) is 77.0 Å². The van der Waals surface area contributed by atoms with Crippen molar-refractivity contribution in [2.24, 2.45) is 5.41 Å². The van der Waals surface area contributed by atoms with Crippen molar-refractivity contribution in [2.75, 3.05) is 40.9 Å². The number of nitrogens with zero attached hydrogens (tertiary/aromatic N) is 1. The molecule has 0 rings (SSSR count). The van der Waals surface area contributed by atoms with Crippen LogP contribution in [-0.4, -0.2) is 57.8 Å². The fourth-order valence-electron chi connectivity index (χ4n) is 6.45. The lowest BCUT2D eigenvalue weighted by Gasteiger charge is -2.38. The lowest BCUT2D eigenvalue weighted by atomic mass is 9.82. The predicted molar refractivity (Wildman–Crippen MR) is 212 cm³/mol. The summed E-state index contributed by atoms with van der Waals surface area (Å²) in [6.07, 6.45) is 47.1. The Morgan fingerprint density at radius 3 is 1.43 bits per heavy atom. The van der Waals surface area contributed by atoms with E-state index in [2.05, 4.69) is 83.6 Å². The SMILES string of the molecule is CCCCC/C=C\C/C=C\CCCCCCCCC(COC=O)(COC(=O)CCCCCCC/C=C\C/C=C\CCCCC)C[N+](C)(C)C. The van der Waals surface area contributed by atoms with Crippen LogP contribution in [0.25, 0.3) is 0 Å². The Bertz CT molecular complexity index is 869. The highest BCUT2D eigenvalue weighted by Crippen LogP contribution is 2.30. The number of ether oxygens (including phenoxy) is 2. The highest BCUT2D eigenvalue weighted by Gasteiger charge is 2.38. The third-order valence-electron chi connectivity index (χ3n) is 9.05. The van der Waals surface area contributed by atoms with Crippen LogP contribution in [0.15, 0.2) is 48.6 Å². The summed E-state index contributed by atoms with van der Waals surface area (Å²) in [5.41, 5.74) is -0.359. The molecule has 0 saturated heterocycles. The zero-order chi connectivity index (χ0) is 36.2. The largest absolute Gasteiger partial charge is 0.467 e. The maximum atomic E-state index is 12.7. The molecule has 5 heteroatoms. The minimum absolute atomic E-state index is 0.125. The number of hydrogen-bond acceptors (Lipinski definition) is 4. The molecular formula is C44H80NO4+. The van der Waals surface area contributed by atoms with Crippen LogP contribution in [0.5, 0.6) is 0 Å². The Balaban J connectivity index is 4.32. The number of unbranched alkanes of at least 4 members (excludes halogenated alkanes) is 17. The summed E-state index contributed by atoms with van der Waals surface area (Å²) >= 11 is 0. The van der Waals surface area contributed by atoms with E-state index in [1.807, 2.05) is 0 Å². The summed E-state index contributed by atoms with van der Waals surface area (Å²) in [5.74, 6) is -0.125. The predicted octanol–water partition coefficient (Wildman–Crippen LogP) is 12.4. The van der Waals surface area contributed by atoms with Crippen molar-refractivity contribution in [3.8, 4) is 0 Å². The first-order chi connectivity index (χ1) is 23.8. The van der Waals surface area contributed by atoms with Gasteiger partial charge in [0, 0.05) is 6.42 Å². The summed E-state index contributed by atoms with van der Waals surface area (Å²) in [6.45, 7) is 6.43. The number of quaternary nitrogens is 1. The highest BCUT2D eigenvalue weighted by molar-refractivity contribution is 5.69. The molecule has 1 atom stereocenters. The molecule has 0 radical (unpaired) electrons. The van der Waals surface area contributed by atoms with Crippen molar-refractivity contribution < 1.29 is 23.5 Å². The molecule has 49 heavy (non-hydrogen) atoms. The van der Waals surface area contributed by atoms with Crippen molar-refractivity contribution in [2.45, 2.75) is 174 Å². The second-order valence-corrected chi connectivity index (χ2v) is 15.3. The second kappa shape index (κ2) is 34.3. The van der Waals surface area contributed by atoms with Gasteiger partial charge in [-0.3, -0.25) is 9.59 Å². The van der Waals surface area contributed by atoms with Gasteiger partial charge in [0.25, 0.3) is 6.47 Å². The van der Waals surface area contributed by atoms with E-state index in [0.29, 0.717) is 26.1 Å². The van der Waals surface area contributed by atoms with Crippen LogP contribution in [0.4, 0.5) is 0 Å². The third-order valence-corrected chi connectivity index (χ3v) is 9.05. The molecule has 0 spiro atoms. The molecule has 0 aliphatic rings. The van der Waals surface area contributed by atoms with E-state index in [9.17, 15) is 9.59 Å². The lowest BCUT2D eigenvalue weighted by molar-refractivity contribution is -0.877. The molecular weight excluding hydrogens is 606 g/mol. The minimum atomic E-state index is -0.359. The second-order valence-electron chi connectivity index (χ2n) is 15.3. The molecule has 1 unspecified atom stereocenters. The average molecular weight is 687 g/mol. The van der Waals surface area contributed by atoms with Gasteiger partial charge in [-0.2, -0.15) is 0 Å². The summed E-state index contributed by atoms with van der Waals surface area (Å²) < 4.78 is 12.0. The molecule has 0 N–H and O–H groups in total. The lowest BCUT2D eigenvalue weighted by Crippen LogP contribution is -2.49. The Hall–Kier alpha value is -2.14. The molecule has 284 valence electrons. The first-order valence-corrected chi connectivity index (χ1v) is 20.4. The average Bonchev–Trinajstić information content (AvgIpc) is 3.07. The smallest absolute Gasteiger partial charge is 0.305 e. The minimum Gasteiger partial charge on any atom is -0.467 e. The molecule has 0 aromatic carbocycles. The molecule has 0 bridgehead atoms. The van der Waals surface area contributed by atoms with Crippen LogP contribution in [0.2, 0.25) is 0 Å². The van der Waals surface area contributed by atoms with E-state index in [1.54, 1.807) is 0 Å². The van der Waals surface area contributed by atoms with Crippen LogP contribution in [-0.2, 0) is 19.1 Å². The first kappa shape index (κ1) is 46.9. The van der Waals surface area contributed by atoms with Crippen molar-refractivity contribution in [1.29, 1.82) is 0 Å². The molecule has 0 heterocycles. The zero-order valence-corrected chi connectivity index (χ0v) is 33.1. The third kappa shape index (κ3) is 34.1. The monoisotopic (exact) mass is 687 g/mol. The number of rotatable bonds is 36. The fourth-order valence-corrected chi connectivity index (χ4v) is 6.45. The molecule has 0 saturated carbocycles. The Morgan fingerprint density at radius 2 is 0.980 bits per heavy atom. The maximum Gasteiger partial charge on any atom is 0.305 e. The van der Waals surface area contributed by atoms with E-state index < -0.39 is 0 Å². The van der Waals surface area contributed by atoms with Crippen LogP contribution in [0, 0.1) is 5.41 Å². The number of carbonyl (C=O) groups excluding carboxylic acids is 2. The van der Waals surface area contributed by atoms with Gasteiger partial charge >= 0.3 is 5.97 Å². The highest BCUT2D eigenvalue weighted by atomic mass is 16.5. The van der Waals surface area contributed by atoms with E-state index in [-0.39, 0.29) is 11.4 Å². The normalized spacial score (nSPS) is 13.7. The molecule has 0 aromatic rings. The number of carbonyl (C=O) groups is 2. The quantitative estimate of drug-likeness (QED) is 0.0216. The summed E-state index contributed by atoms with van der Waals surface area (Å²) in [6, 6.07) is 0. The number of esters is 1. The molecule has 0 fully saturated rings. The van der Waals surface area contributed by atoms with Crippen LogP contribution < -0.4 is 0 Å². The number of hydrogen-bond donors (Lipinski definition) is 0. The first-order valence-electron chi connectivity index (χ1n) is 20.4. The van der Waals surface area contributed by atoms with Gasteiger partial charge in [-0.15, -0.1) is 0 Å². The topological polar surface area (TPSA) is 52.6 Å². The Labute approximate surface area is 304 Å².